The molecule has 0 radical (unpaired) electrons. The van der Waals surface area contributed by atoms with Crippen molar-refractivity contribution < 1.29 is 23.4 Å². The molecule has 6 nitrogen and oxygen atoms in total. The molecule has 2 aromatic rings. The second-order valence-electron chi connectivity index (χ2n) is 4.94. The summed E-state index contributed by atoms with van der Waals surface area (Å²) in [5.74, 6) is 0.956. The van der Waals surface area contributed by atoms with Gasteiger partial charge in [-0.15, -0.1) is 0 Å². The molecule has 1 heterocycles. The number of rotatable bonds is 5. The Morgan fingerprint density at radius 1 is 1.17 bits per heavy atom. The van der Waals surface area contributed by atoms with Crippen LogP contribution in [0.2, 0.25) is 0 Å². The Hall–Kier alpha value is -3.09. The summed E-state index contributed by atoms with van der Waals surface area (Å²) in [5.41, 5.74) is 3.12. The first-order chi connectivity index (χ1) is 11.7. The van der Waals surface area contributed by atoms with E-state index in [-0.39, 0.29) is 12.4 Å². The molecule has 1 amide bonds. The van der Waals surface area contributed by atoms with E-state index in [1.54, 1.807) is 18.2 Å². The molecule has 0 saturated carbocycles. The van der Waals surface area contributed by atoms with Gasteiger partial charge in [-0.05, 0) is 48.0 Å². The monoisotopic (exact) mass is 330 g/mol. The first kappa shape index (κ1) is 15.8. The zero-order valence-electron chi connectivity index (χ0n) is 12.7. The van der Waals surface area contributed by atoms with Gasteiger partial charge in [0.2, 0.25) is 0 Å². The van der Waals surface area contributed by atoms with Gasteiger partial charge in [0.1, 0.15) is 24.8 Å². The van der Waals surface area contributed by atoms with E-state index >= 15 is 0 Å². The van der Waals surface area contributed by atoms with Crippen LogP contribution < -0.4 is 19.6 Å². The fourth-order valence-corrected chi connectivity index (χ4v) is 2.03. The molecular weight excluding hydrogens is 315 g/mol. The number of hydrogen-bond donors (Lipinski definition) is 1. The molecule has 24 heavy (non-hydrogen) atoms. The minimum Gasteiger partial charge on any atom is -0.486 e. The summed E-state index contributed by atoms with van der Waals surface area (Å²) < 4.78 is 28.8. The highest BCUT2D eigenvalue weighted by Crippen LogP contribution is 2.30. The second kappa shape index (κ2) is 7.45. The largest absolute Gasteiger partial charge is 0.486 e. The summed E-state index contributed by atoms with van der Waals surface area (Å²) in [6.07, 6.45) is 1.49. The van der Waals surface area contributed by atoms with Crippen LogP contribution in [0.4, 0.5) is 4.39 Å². The van der Waals surface area contributed by atoms with Crippen molar-refractivity contribution >= 4 is 12.1 Å². The Morgan fingerprint density at radius 2 is 1.92 bits per heavy atom. The fourth-order valence-electron chi connectivity index (χ4n) is 2.03. The minimum absolute atomic E-state index is 0.218. The third-order valence-corrected chi connectivity index (χ3v) is 3.15. The van der Waals surface area contributed by atoms with Crippen LogP contribution in [0.1, 0.15) is 5.56 Å². The van der Waals surface area contributed by atoms with E-state index in [1.807, 2.05) is 0 Å². The molecule has 7 heteroatoms. The Balaban J connectivity index is 1.48. The average molecular weight is 330 g/mol. The summed E-state index contributed by atoms with van der Waals surface area (Å²) in [5, 5.41) is 3.86. The first-order valence-corrected chi connectivity index (χ1v) is 7.30. The second-order valence-corrected chi connectivity index (χ2v) is 4.94. The van der Waals surface area contributed by atoms with Crippen molar-refractivity contribution in [2.24, 2.45) is 5.10 Å². The van der Waals surface area contributed by atoms with Crippen molar-refractivity contribution in [3.8, 4) is 17.2 Å². The lowest BCUT2D eigenvalue weighted by atomic mass is 10.2. The van der Waals surface area contributed by atoms with E-state index in [1.165, 1.54) is 30.5 Å². The highest BCUT2D eigenvalue weighted by molar-refractivity contribution is 5.83. The van der Waals surface area contributed by atoms with Gasteiger partial charge in [-0.25, -0.2) is 9.82 Å². The Bertz CT molecular complexity index is 747. The quantitative estimate of drug-likeness (QED) is 0.673. The highest BCUT2D eigenvalue weighted by Gasteiger charge is 2.10. The summed E-state index contributed by atoms with van der Waals surface area (Å²) in [7, 11) is 0. The zero-order chi connectivity index (χ0) is 16.8. The lowest BCUT2D eigenvalue weighted by molar-refractivity contribution is -0.123. The molecule has 0 aliphatic carbocycles. The SMILES string of the molecule is O=C(COc1ccc(F)cc1)N/N=C\c1ccc2c(c1)OCCO2. The van der Waals surface area contributed by atoms with Crippen molar-refractivity contribution in [3.63, 3.8) is 0 Å². The number of carbonyl (C=O) groups is 1. The zero-order valence-corrected chi connectivity index (χ0v) is 12.7. The lowest BCUT2D eigenvalue weighted by Gasteiger charge is -2.18. The number of nitrogens with one attached hydrogen (secondary N) is 1. The number of hydrazone groups is 1. The molecular formula is C17H15FN2O4. The molecule has 0 bridgehead atoms. The molecule has 0 atom stereocenters. The number of hydrogen-bond acceptors (Lipinski definition) is 5. The summed E-state index contributed by atoms with van der Waals surface area (Å²) in [6, 6.07) is 10.8. The molecule has 0 fully saturated rings. The number of fused-ring (bicyclic) bond motifs is 1. The van der Waals surface area contributed by atoms with Gasteiger partial charge in [0, 0.05) is 0 Å². The molecule has 0 saturated heterocycles. The van der Waals surface area contributed by atoms with Crippen molar-refractivity contribution in [2.75, 3.05) is 19.8 Å². The summed E-state index contributed by atoms with van der Waals surface area (Å²) in [4.78, 5) is 11.6. The lowest BCUT2D eigenvalue weighted by Crippen LogP contribution is -2.24. The molecule has 3 rings (SSSR count). The maximum atomic E-state index is 12.7. The number of carbonyl (C=O) groups excluding carboxylic acids is 1. The maximum Gasteiger partial charge on any atom is 0.277 e. The van der Waals surface area contributed by atoms with E-state index in [2.05, 4.69) is 10.5 Å². The van der Waals surface area contributed by atoms with Crippen LogP contribution in [0.25, 0.3) is 0 Å². The Morgan fingerprint density at radius 3 is 2.71 bits per heavy atom. The van der Waals surface area contributed by atoms with Crippen molar-refractivity contribution in [2.45, 2.75) is 0 Å². The van der Waals surface area contributed by atoms with Gasteiger partial charge in [-0.1, -0.05) is 0 Å². The van der Waals surface area contributed by atoms with Gasteiger partial charge in [-0.2, -0.15) is 5.10 Å². The summed E-state index contributed by atoms with van der Waals surface area (Å²) >= 11 is 0. The van der Waals surface area contributed by atoms with Crippen LogP contribution in [-0.4, -0.2) is 31.9 Å². The first-order valence-electron chi connectivity index (χ1n) is 7.30. The van der Waals surface area contributed by atoms with Crippen LogP contribution in [0, 0.1) is 5.82 Å². The van der Waals surface area contributed by atoms with E-state index in [0.29, 0.717) is 30.5 Å². The third kappa shape index (κ3) is 4.22. The van der Waals surface area contributed by atoms with Gasteiger partial charge in [0.05, 0.1) is 6.21 Å². The number of nitrogens with zero attached hydrogens (tertiary/aromatic N) is 1. The maximum absolute atomic E-state index is 12.7. The predicted octanol–water partition coefficient (Wildman–Crippen LogP) is 2.13. The van der Waals surface area contributed by atoms with Crippen molar-refractivity contribution in [1.29, 1.82) is 0 Å². The molecule has 0 spiro atoms. The van der Waals surface area contributed by atoms with E-state index in [9.17, 15) is 9.18 Å². The molecule has 1 aliphatic heterocycles. The Labute approximate surface area is 137 Å². The minimum atomic E-state index is -0.423. The standard InChI is InChI=1S/C17H15FN2O4/c18-13-2-4-14(5-3-13)24-11-17(21)20-19-10-12-1-6-15-16(9-12)23-8-7-22-15/h1-6,9-10H,7-8,11H2,(H,20,21)/b19-10-. The highest BCUT2D eigenvalue weighted by atomic mass is 19.1. The molecule has 2 aromatic carbocycles. The van der Waals surface area contributed by atoms with Crippen LogP contribution in [0.3, 0.4) is 0 Å². The van der Waals surface area contributed by atoms with Gasteiger partial charge in [0.15, 0.2) is 18.1 Å². The predicted molar refractivity (Wildman–Crippen MR) is 85.1 cm³/mol. The topological polar surface area (TPSA) is 69.2 Å². The van der Waals surface area contributed by atoms with E-state index in [0.717, 1.165) is 5.56 Å². The molecule has 124 valence electrons. The van der Waals surface area contributed by atoms with Crippen molar-refractivity contribution in [3.05, 3.63) is 53.8 Å². The van der Waals surface area contributed by atoms with Gasteiger partial charge in [0.25, 0.3) is 5.91 Å². The smallest absolute Gasteiger partial charge is 0.277 e. The van der Waals surface area contributed by atoms with Crippen LogP contribution in [0.5, 0.6) is 17.2 Å². The molecule has 1 aliphatic rings. The number of halogens is 1. The van der Waals surface area contributed by atoms with E-state index < -0.39 is 5.91 Å². The third-order valence-electron chi connectivity index (χ3n) is 3.15. The molecule has 0 aromatic heterocycles. The summed E-state index contributed by atoms with van der Waals surface area (Å²) in [6.45, 7) is 0.819. The molecule has 1 N–H and O–H groups in total. The van der Waals surface area contributed by atoms with Crippen LogP contribution >= 0.6 is 0 Å². The number of benzene rings is 2. The van der Waals surface area contributed by atoms with E-state index in [4.69, 9.17) is 14.2 Å². The average Bonchev–Trinajstić information content (AvgIpc) is 2.61. The Kier molecular flexibility index (Phi) is 4.90. The van der Waals surface area contributed by atoms with Gasteiger partial charge < -0.3 is 14.2 Å². The van der Waals surface area contributed by atoms with Crippen LogP contribution in [0.15, 0.2) is 47.6 Å². The van der Waals surface area contributed by atoms with Gasteiger partial charge in [-0.3, -0.25) is 4.79 Å². The number of amides is 1. The van der Waals surface area contributed by atoms with Crippen molar-refractivity contribution in [1.82, 2.24) is 5.43 Å². The van der Waals surface area contributed by atoms with Gasteiger partial charge >= 0.3 is 0 Å². The normalized spacial score (nSPS) is 12.9. The van der Waals surface area contributed by atoms with Crippen LogP contribution in [-0.2, 0) is 4.79 Å². The fraction of sp³-hybridized carbons (Fsp3) is 0.176. The molecule has 0 unspecified atom stereocenters. The number of ether oxygens (including phenoxy) is 3.